The highest BCUT2D eigenvalue weighted by atomic mass is 16.6. The van der Waals surface area contributed by atoms with Gasteiger partial charge in [-0.1, -0.05) is 0 Å². The third-order valence-electron chi connectivity index (χ3n) is 2.84. The Balaban J connectivity index is 2.51. The summed E-state index contributed by atoms with van der Waals surface area (Å²) in [5, 5.41) is 19.8. The van der Waals surface area contributed by atoms with E-state index in [0.29, 0.717) is 5.75 Å². The second kappa shape index (κ2) is 4.52. The lowest BCUT2D eigenvalue weighted by Gasteiger charge is -2.23. The van der Waals surface area contributed by atoms with Crippen molar-refractivity contribution in [2.45, 2.75) is 6.42 Å². The first kappa shape index (κ1) is 12.2. The van der Waals surface area contributed by atoms with E-state index >= 15 is 0 Å². The summed E-state index contributed by atoms with van der Waals surface area (Å²) in [6.45, 7) is -0.0140. The van der Waals surface area contributed by atoms with Gasteiger partial charge in [0.2, 0.25) is 0 Å². The number of carbonyl (C=O) groups is 1. The summed E-state index contributed by atoms with van der Waals surface area (Å²) in [7, 11) is 1.42. The predicted octanol–water partition coefficient (Wildman–Crippen LogP) is 1.24. The molecule has 1 unspecified atom stereocenters. The number of aliphatic carboxylic acids is 1. The smallest absolute Gasteiger partial charge is 0.310 e. The van der Waals surface area contributed by atoms with Crippen LogP contribution in [0.1, 0.15) is 5.56 Å². The van der Waals surface area contributed by atoms with E-state index in [-0.39, 0.29) is 30.0 Å². The Morgan fingerprint density at radius 2 is 2.33 bits per heavy atom. The molecule has 0 radical (unpaired) electrons. The average Bonchev–Trinajstić information content (AvgIpc) is 2.36. The minimum Gasteiger partial charge on any atom is -0.493 e. The summed E-state index contributed by atoms with van der Waals surface area (Å²) >= 11 is 0. The van der Waals surface area contributed by atoms with Gasteiger partial charge in [-0.25, -0.2) is 0 Å². The maximum atomic E-state index is 10.9. The summed E-state index contributed by atoms with van der Waals surface area (Å²) in [5.74, 6) is -1.16. The quantitative estimate of drug-likeness (QED) is 0.642. The number of hydrogen-bond donors (Lipinski definition) is 1. The molecule has 0 saturated carbocycles. The van der Waals surface area contributed by atoms with E-state index in [1.54, 1.807) is 0 Å². The zero-order valence-electron chi connectivity index (χ0n) is 9.58. The Labute approximate surface area is 102 Å². The van der Waals surface area contributed by atoms with Crippen LogP contribution in [0.25, 0.3) is 0 Å². The highest BCUT2D eigenvalue weighted by molar-refractivity contribution is 5.72. The molecule has 1 heterocycles. The molecule has 7 heteroatoms. The van der Waals surface area contributed by atoms with Gasteiger partial charge in [-0.15, -0.1) is 0 Å². The van der Waals surface area contributed by atoms with Crippen LogP contribution < -0.4 is 9.47 Å². The van der Waals surface area contributed by atoms with Gasteiger partial charge in [0.15, 0.2) is 11.5 Å². The molecule has 1 aromatic carbocycles. The van der Waals surface area contributed by atoms with E-state index in [1.807, 2.05) is 0 Å². The van der Waals surface area contributed by atoms with Crippen molar-refractivity contribution in [3.8, 4) is 11.5 Å². The number of ether oxygens (including phenoxy) is 2. The standard InChI is InChI=1S/C11H11NO6/c1-17-9-3-2-8(12(15)16)7-4-6(11(13)14)5-18-10(7)9/h2-3,6H,4-5H2,1H3,(H,13,14). The molecule has 0 fully saturated rings. The van der Waals surface area contributed by atoms with E-state index in [2.05, 4.69) is 0 Å². The van der Waals surface area contributed by atoms with Gasteiger partial charge in [0.05, 0.1) is 23.5 Å². The Bertz CT molecular complexity index is 513. The predicted molar refractivity (Wildman–Crippen MR) is 60.0 cm³/mol. The maximum Gasteiger partial charge on any atom is 0.310 e. The Morgan fingerprint density at radius 1 is 1.61 bits per heavy atom. The molecule has 0 aliphatic carbocycles. The van der Waals surface area contributed by atoms with Gasteiger partial charge < -0.3 is 14.6 Å². The molecule has 2 rings (SSSR count). The fourth-order valence-corrected chi connectivity index (χ4v) is 1.93. The molecule has 1 atom stereocenters. The highest BCUT2D eigenvalue weighted by Gasteiger charge is 2.33. The van der Waals surface area contributed by atoms with Gasteiger partial charge in [-0.05, 0) is 12.5 Å². The van der Waals surface area contributed by atoms with Gasteiger partial charge in [0.1, 0.15) is 6.61 Å². The number of benzene rings is 1. The lowest BCUT2D eigenvalue weighted by Crippen LogP contribution is -2.28. The number of rotatable bonds is 3. The van der Waals surface area contributed by atoms with E-state index < -0.39 is 16.8 Å². The molecule has 0 spiro atoms. The molecule has 1 N–H and O–H groups in total. The minimum absolute atomic E-state index is 0.0140. The van der Waals surface area contributed by atoms with Crippen molar-refractivity contribution in [3.05, 3.63) is 27.8 Å². The Morgan fingerprint density at radius 3 is 2.89 bits per heavy atom. The molecule has 7 nitrogen and oxygen atoms in total. The zero-order valence-corrected chi connectivity index (χ0v) is 9.58. The summed E-state index contributed by atoms with van der Waals surface area (Å²) in [4.78, 5) is 21.3. The molecular weight excluding hydrogens is 242 g/mol. The van der Waals surface area contributed by atoms with Crippen molar-refractivity contribution in [1.29, 1.82) is 0 Å². The molecular formula is C11H11NO6. The highest BCUT2D eigenvalue weighted by Crippen LogP contribution is 2.41. The largest absolute Gasteiger partial charge is 0.493 e. The van der Waals surface area contributed by atoms with Crippen molar-refractivity contribution >= 4 is 11.7 Å². The van der Waals surface area contributed by atoms with Crippen LogP contribution in [0.15, 0.2) is 12.1 Å². The number of methoxy groups -OCH3 is 1. The summed E-state index contributed by atoms with van der Waals surface area (Å²) in [5.41, 5.74) is 0.134. The number of nitro groups is 1. The lowest BCUT2D eigenvalue weighted by atomic mass is 9.95. The topological polar surface area (TPSA) is 98.9 Å². The normalized spacial score (nSPS) is 17.5. The average molecular weight is 253 g/mol. The van der Waals surface area contributed by atoms with Gasteiger partial charge in [0.25, 0.3) is 5.69 Å². The van der Waals surface area contributed by atoms with Gasteiger partial charge in [0, 0.05) is 6.07 Å². The van der Waals surface area contributed by atoms with Gasteiger partial charge >= 0.3 is 5.97 Å². The molecule has 0 amide bonds. The van der Waals surface area contributed by atoms with Crippen LogP contribution in [0.2, 0.25) is 0 Å². The first-order valence-electron chi connectivity index (χ1n) is 5.24. The number of carboxylic acids is 1. The number of nitro benzene ring substituents is 1. The van der Waals surface area contributed by atoms with Crippen LogP contribution in [0.5, 0.6) is 11.5 Å². The van der Waals surface area contributed by atoms with Gasteiger partial charge in [-0.3, -0.25) is 14.9 Å². The third kappa shape index (κ3) is 1.94. The van der Waals surface area contributed by atoms with Crippen LogP contribution >= 0.6 is 0 Å². The summed E-state index contributed by atoms with van der Waals surface area (Å²) in [6.07, 6.45) is 0.0676. The SMILES string of the molecule is COc1ccc([N+](=O)[O-])c2c1OCC(C(=O)O)C2. The van der Waals surface area contributed by atoms with Crippen molar-refractivity contribution in [1.82, 2.24) is 0 Å². The van der Waals surface area contributed by atoms with Crippen LogP contribution in [0.4, 0.5) is 5.69 Å². The zero-order chi connectivity index (χ0) is 13.3. The lowest BCUT2D eigenvalue weighted by molar-refractivity contribution is -0.385. The fourth-order valence-electron chi connectivity index (χ4n) is 1.93. The first-order valence-corrected chi connectivity index (χ1v) is 5.24. The van der Waals surface area contributed by atoms with Crippen LogP contribution in [0, 0.1) is 16.0 Å². The first-order chi connectivity index (χ1) is 8.54. The number of hydrogen-bond acceptors (Lipinski definition) is 5. The molecule has 18 heavy (non-hydrogen) atoms. The van der Waals surface area contributed by atoms with Crippen LogP contribution in [0.3, 0.4) is 0 Å². The van der Waals surface area contributed by atoms with Crippen molar-refractivity contribution < 1.29 is 24.3 Å². The van der Waals surface area contributed by atoms with Crippen molar-refractivity contribution in [2.75, 3.05) is 13.7 Å². The fraction of sp³-hybridized carbons (Fsp3) is 0.364. The molecule has 1 aromatic rings. The molecule has 0 bridgehead atoms. The van der Waals surface area contributed by atoms with E-state index in [1.165, 1.54) is 19.2 Å². The Kier molecular flexibility index (Phi) is 3.05. The van der Waals surface area contributed by atoms with Crippen molar-refractivity contribution in [3.63, 3.8) is 0 Å². The summed E-state index contributed by atoms with van der Waals surface area (Å²) in [6, 6.07) is 2.74. The van der Waals surface area contributed by atoms with Crippen LogP contribution in [-0.2, 0) is 11.2 Å². The number of fused-ring (bicyclic) bond motifs is 1. The second-order valence-electron chi connectivity index (χ2n) is 3.90. The maximum absolute atomic E-state index is 10.9. The van der Waals surface area contributed by atoms with Crippen molar-refractivity contribution in [2.24, 2.45) is 5.92 Å². The summed E-state index contributed by atoms with van der Waals surface area (Å²) < 4.78 is 10.3. The molecule has 1 aliphatic heterocycles. The third-order valence-corrected chi connectivity index (χ3v) is 2.84. The van der Waals surface area contributed by atoms with Crippen LogP contribution in [-0.4, -0.2) is 29.7 Å². The molecule has 0 aromatic heterocycles. The molecule has 0 saturated heterocycles. The number of nitrogens with zero attached hydrogens (tertiary/aromatic N) is 1. The number of carboxylic acid groups (broad SMARTS) is 1. The van der Waals surface area contributed by atoms with Gasteiger partial charge in [-0.2, -0.15) is 0 Å². The van der Waals surface area contributed by atoms with E-state index in [0.717, 1.165) is 0 Å². The molecule has 96 valence electrons. The second-order valence-corrected chi connectivity index (χ2v) is 3.90. The monoisotopic (exact) mass is 253 g/mol. The minimum atomic E-state index is -1.03. The van der Waals surface area contributed by atoms with E-state index in [9.17, 15) is 14.9 Å². The molecule has 1 aliphatic rings. The van der Waals surface area contributed by atoms with E-state index in [4.69, 9.17) is 14.6 Å². The Hall–Kier alpha value is -2.31.